The van der Waals surface area contributed by atoms with Gasteiger partial charge in [0, 0.05) is 31.6 Å². The first-order valence-corrected chi connectivity index (χ1v) is 9.63. The molecule has 2 saturated heterocycles. The average molecular weight is 421 g/mol. The second-order valence-electron chi connectivity index (χ2n) is 6.86. The van der Waals surface area contributed by atoms with Gasteiger partial charge in [0.25, 0.3) is 11.6 Å². The third-order valence-electron chi connectivity index (χ3n) is 4.79. The van der Waals surface area contributed by atoms with Gasteiger partial charge < -0.3 is 24.4 Å². The zero-order valence-electron chi connectivity index (χ0n) is 16.4. The molecular weight excluding hydrogens is 398 g/mol. The molecule has 11 nitrogen and oxygen atoms in total. The van der Waals surface area contributed by atoms with Gasteiger partial charge in [0.2, 0.25) is 5.91 Å². The minimum absolute atomic E-state index is 0.0671. The van der Waals surface area contributed by atoms with Crippen LogP contribution in [-0.4, -0.2) is 78.8 Å². The monoisotopic (exact) mass is 421 g/mol. The van der Waals surface area contributed by atoms with Crippen LogP contribution in [-0.2, 0) is 35.0 Å². The number of nitrogens with zero attached hydrogens (tertiary/aromatic N) is 2. The zero-order chi connectivity index (χ0) is 21.7. The molecule has 2 aliphatic rings. The van der Waals surface area contributed by atoms with E-state index in [0.29, 0.717) is 31.9 Å². The van der Waals surface area contributed by atoms with E-state index in [1.54, 1.807) is 24.0 Å². The van der Waals surface area contributed by atoms with E-state index in [2.05, 4.69) is 5.32 Å². The Balaban J connectivity index is 1.69. The Bertz CT molecular complexity index is 807. The molecule has 0 bridgehead atoms. The van der Waals surface area contributed by atoms with Crippen LogP contribution in [0.25, 0.3) is 0 Å². The molecule has 3 atom stereocenters. The van der Waals surface area contributed by atoms with Crippen molar-refractivity contribution in [1.82, 2.24) is 10.2 Å². The first-order chi connectivity index (χ1) is 14.4. The van der Waals surface area contributed by atoms with Gasteiger partial charge in [-0.3, -0.25) is 19.7 Å². The molecule has 0 radical (unpaired) electrons. The number of amides is 2. The van der Waals surface area contributed by atoms with E-state index in [4.69, 9.17) is 14.2 Å². The van der Waals surface area contributed by atoms with Crippen LogP contribution in [0.3, 0.4) is 0 Å². The molecule has 3 rings (SSSR count). The van der Waals surface area contributed by atoms with Gasteiger partial charge in [-0.1, -0.05) is 12.1 Å². The number of non-ortho nitro benzene ring substituents is 1. The summed E-state index contributed by atoms with van der Waals surface area (Å²) in [6, 6.07) is 4.85. The molecule has 1 aromatic carbocycles. The van der Waals surface area contributed by atoms with Crippen molar-refractivity contribution in [2.24, 2.45) is 0 Å². The molecular formula is C19H23N3O8. The van der Waals surface area contributed by atoms with Crippen LogP contribution >= 0.6 is 0 Å². The lowest BCUT2D eigenvalue weighted by molar-refractivity contribution is -0.384. The van der Waals surface area contributed by atoms with Crippen molar-refractivity contribution in [3.8, 4) is 0 Å². The van der Waals surface area contributed by atoms with Gasteiger partial charge in [0.05, 0.1) is 24.7 Å². The first-order valence-electron chi connectivity index (χ1n) is 9.63. The number of carbonyl (C=O) groups excluding carboxylic acids is 3. The zero-order valence-corrected chi connectivity index (χ0v) is 16.4. The van der Waals surface area contributed by atoms with E-state index in [1.807, 2.05) is 0 Å². The lowest BCUT2D eigenvalue weighted by Crippen LogP contribution is -2.53. The second-order valence-corrected chi connectivity index (χ2v) is 6.86. The van der Waals surface area contributed by atoms with Gasteiger partial charge in [0.15, 0.2) is 12.2 Å². The van der Waals surface area contributed by atoms with Crippen molar-refractivity contribution in [2.45, 2.75) is 31.6 Å². The Morgan fingerprint density at radius 3 is 2.50 bits per heavy atom. The fourth-order valence-electron chi connectivity index (χ4n) is 3.16. The van der Waals surface area contributed by atoms with Crippen LogP contribution in [0.5, 0.6) is 0 Å². The summed E-state index contributed by atoms with van der Waals surface area (Å²) < 4.78 is 15.2. The number of ether oxygens (including phenoxy) is 3. The number of epoxide rings is 1. The van der Waals surface area contributed by atoms with Crippen LogP contribution in [0.15, 0.2) is 24.3 Å². The molecule has 30 heavy (non-hydrogen) atoms. The third-order valence-corrected chi connectivity index (χ3v) is 4.79. The Hall–Kier alpha value is -3.05. The van der Waals surface area contributed by atoms with E-state index >= 15 is 0 Å². The highest BCUT2D eigenvalue weighted by Gasteiger charge is 2.52. The fraction of sp³-hybridized carbons (Fsp3) is 0.526. The summed E-state index contributed by atoms with van der Waals surface area (Å²) in [4.78, 5) is 49.1. The highest BCUT2D eigenvalue weighted by atomic mass is 16.6. The Kier molecular flexibility index (Phi) is 6.95. The molecule has 1 N–H and O–H groups in total. The molecule has 2 amide bonds. The van der Waals surface area contributed by atoms with Gasteiger partial charge >= 0.3 is 5.97 Å². The Morgan fingerprint density at radius 1 is 1.23 bits per heavy atom. The highest BCUT2D eigenvalue weighted by Crippen LogP contribution is 2.24. The van der Waals surface area contributed by atoms with E-state index in [0.717, 1.165) is 0 Å². The highest BCUT2D eigenvalue weighted by molar-refractivity contribution is 5.95. The van der Waals surface area contributed by atoms with Crippen molar-refractivity contribution >= 4 is 23.5 Å². The van der Waals surface area contributed by atoms with Gasteiger partial charge in [-0.25, -0.2) is 4.79 Å². The molecule has 0 spiro atoms. The van der Waals surface area contributed by atoms with Crippen LogP contribution < -0.4 is 5.32 Å². The predicted molar refractivity (Wildman–Crippen MR) is 101 cm³/mol. The molecule has 11 heteroatoms. The summed E-state index contributed by atoms with van der Waals surface area (Å²) in [5.74, 6) is -1.50. The molecule has 2 aliphatic heterocycles. The van der Waals surface area contributed by atoms with Gasteiger partial charge in [0.1, 0.15) is 6.04 Å². The lowest BCUT2D eigenvalue weighted by atomic mass is 10.0. The molecule has 2 fully saturated rings. The number of esters is 1. The van der Waals surface area contributed by atoms with Gasteiger partial charge in [-0.05, 0) is 12.5 Å². The van der Waals surface area contributed by atoms with E-state index in [9.17, 15) is 24.5 Å². The maximum atomic E-state index is 13.0. The number of rotatable bonds is 8. The smallest absolute Gasteiger partial charge is 0.338 e. The normalized spacial score (nSPS) is 21.4. The second kappa shape index (κ2) is 9.63. The number of hydrogen-bond acceptors (Lipinski definition) is 8. The van der Waals surface area contributed by atoms with Crippen LogP contribution in [0.1, 0.15) is 12.5 Å². The molecule has 2 heterocycles. The number of nitrogens with one attached hydrogen (secondary N) is 1. The van der Waals surface area contributed by atoms with E-state index in [-0.39, 0.29) is 24.6 Å². The average Bonchev–Trinajstić information content (AvgIpc) is 3.55. The fourth-order valence-corrected chi connectivity index (χ4v) is 3.16. The molecule has 1 aromatic rings. The number of carbonyl (C=O) groups is 3. The number of nitro benzene ring substituents is 1. The summed E-state index contributed by atoms with van der Waals surface area (Å²) >= 11 is 0. The van der Waals surface area contributed by atoms with E-state index < -0.39 is 35.0 Å². The summed E-state index contributed by atoms with van der Waals surface area (Å²) in [6.07, 6.45) is -1.83. The quantitative estimate of drug-likeness (QED) is 0.264. The van der Waals surface area contributed by atoms with E-state index in [1.165, 1.54) is 12.1 Å². The summed E-state index contributed by atoms with van der Waals surface area (Å²) in [5.41, 5.74) is 0.577. The summed E-state index contributed by atoms with van der Waals surface area (Å²) in [5, 5.41) is 13.5. The lowest BCUT2D eigenvalue weighted by Gasteiger charge is -2.30. The minimum Gasteiger partial charge on any atom is -0.464 e. The van der Waals surface area contributed by atoms with Crippen LogP contribution in [0.4, 0.5) is 5.69 Å². The number of morpholine rings is 1. The van der Waals surface area contributed by atoms with Crippen molar-refractivity contribution < 1.29 is 33.5 Å². The standard InChI is InChI=1S/C19H23N3O8/c1-2-29-19(25)16-15(30-16)17(23)20-14(18(24)21-7-9-28-10-8-21)11-12-3-5-13(6-4-12)22(26)27/h3-6,14-16H,2,7-11H2,1H3,(H,20,23)/t14-,15-,16-/m0/s1. The minimum atomic E-state index is -0.999. The maximum Gasteiger partial charge on any atom is 0.338 e. The van der Waals surface area contributed by atoms with Crippen molar-refractivity contribution in [3.05, 3.63) is 39.9 Å². The van der Waals surface area contributed by atoms with Gasteiger partial charge in [-0.2, -0.15) is 0 Å². The molecule has 162 valence electrons. The number of benzene rings is 1. The van der Waals surface area contributed by atoms with Crippen molar-refractivity contribution in [2.75, 3.05) is 32.9 Å². The van der Waals surface area contributed by atoms with Crippen LogP contribution in [0, 0.1) is 10.1 Å². The molecule has 0 saturated carbocycles. The van der Waals surface area contributed by atoms with Crippen LogP contribution in [0.2, 0.25) is 0 Å². The first kappa shape index (κ1) is 21.7. The Labute approximate surface area is 172 Å². The van der Waals surface area contributed by atoms with Crippen molar-refractivity contribution in [3.63, 3.8) is 0 Å². The molecule has 0 unspecified atom stereocenters. The predicted octanol–water partition coefficient (Wildman–Crippen LogP) is -0.189. The summed E-state index contributed by atoms with van der Waals surface area (Å²) in [6.45, 7) is 3.43. The molecule has 0 aromatic heterocycles. The number of hydrogen-bond donors (Lipinski definition) is 1. The topological polar surface area (TPSA) is 141 Å². The van der Waals surface area contributed by atoms with Crippen molar-refractivity contribution in [1.29, 1.82) is 0 Å². The SMILES string of the molecule is CCOC(=O)[C@H]1O[C@@H]1C(=O)N[C@@H](Cc1ccc([N+](=O)[O-])cc1)C(=O)N1CCOCC1. The summed E-state index contributed by atoms with van der Waals surface area (Å²) in [7, 11) is 0. The molecule has 0 aliphatic carbocycles. The van der Waals surface area contributed by atoms with Gasteiger partial charge in [-0.15, -0.1) is 0 Å². The number of nitro groups is 1. The largest absolute Gasteiger partial charge is 0.464 e. The Morgan fingerprint density at radius 2 is 1.90 bits per heavy atom. The maximum absolute atomic E-state index is 13.0. The third kappa shape index (κ3) is 5.30.